The molecule has 1 nitrogen and oxygen atoms in total. The Morgan fingerprint density at radius 3 is 2.14 bits per heavy atom. The number of para-hydroxylation sites is 1. The number of quaternary nitrogens is 1. The highest BCUT2D eigenvalue weighted by Crippen LogP contribution is 2.24. The van der Waals surface area contributed by atoms with E-state index in [2.05, 4.69) is 58.2 Å². The van der Waals surface area contributed by atoms with Crippen molar-refractivity contribution in [2.75, 3.05) is 13.6 Å². The molecule has 14 heavy (non-hydrogen) atoms. The predicted molar refractivity (Wildman–Crippen MR) is 64.5 cm³/mol. The summed E-state index contributed by atoms with van der Waals surface area (Å²) in [7, 11) is 2.32. The minimum Gasteiger partial charge on any atom is -0.292 e. The molecule has 1 rings (SSSR count). The molecule has 0 aromatic heterocycles. The average molecular weight is 192 g/mol. The quantitative estimate of drug-likeness (QED) is 0.641. The molecule has 0 heterocycles. The van der Waals surface area contributed by atoms with Gasteiger partial charge in [0.05, 0.1) is 19.6 Å². The highest BCUT2D eigenvalue weighted by molar-refractivity contribution is 5.42. The van der Waals surface area contributed by atoms with Gasteiger partial charge in [0.2, 0.25) is 0 Å². The van der Waals surface area contributed by atoms with Crippen LogP contribution in [0.4, 0.5) is 5.69 Å². The van der Waals surface area contributed by atoms with Crippen molar-refractivity contribution >= 4 is 5.69 Å². The van der Waals surface area contributed by atoms with Gasteiger partial charge in [-0.25, -0.2) is 0 Å². The Balaban J connectivity index is 2.99. The lowest BCUT2D eigenvalue weighted by Gasteiger charge is -2.37. The molecule has 78 valence electrons. The van der Waals surface area contributed by atoms with E-state index < -0.39 is 0 Å². The summed E-state index contributed by atoms with van der Waals surface area (Å²) in [5.41, 5.74) is 1.42. The summed E-state index contributed by atoms with van der Waals surface area (Å²) in [5, 5.41) is 0. The molecular weight excluding hydrogens is 170 g/mol. The highest BCUT2D eigenvalue weighted by atomic mass is 15.4. The molecule has 1 aromatic carbocycles. The number of hydrogen-bond donors (Lipinski definition) is 0. The number of nitrogens with zero attached hydrogens (tertiary/aromatic N) is 1. The molecule has 1 heteroatoms. The van der Waals surface area contributed by atoms with Crippen molar-refractivity contribution in [3.05, 3.63) is 30.3 Å². The fourth-order valence-electron chi connectivity index (χ4n) is 1.92. The predicted octanol–water partition coefficient (Wildman–Crippen LogP) is 3.44. The minimum absolute atomic E-state index is 0.636. The Morgan fingerprint density at radius 2 is 1.71 bits per heavy atom. The smallest absolute Gasteiger partial charge is 0.132 e. The molecule has 0 radical (unpaired) electrons. The first-order chi connectivity index (χ1) is 6.61. The molecule has 1 aromatic rings. The molecule has 0 N–H and O–H groups in total. The van der Waals surface area contributed by atoms with E-state index in [0.717, 1.165) is 4.48 Å². The summed E-state index contributed by atoms with van der Waals surface area (Å²) in [6, 6.07) is 11.4. The van der Waals surface area contributed by atoms with Gasteiger partial charge in [-0.05, 0) is 32.4 Å². The zero-order valence-electron chi connectivity index (χ0n) is 9.83. The van der Waals surface area contributed by atoms with Gasteiger partial charge < -0.3 is 0 Å². The second kappa shape index (κ2) is 4.61. The van der Waals surface area contributed by atoms with Crippen molar-refractivity contribution in [1.82, 2.24) is 4.48 Å². The summed E-state index contributed by atoms with van der Waals surface area (Å²) in [5.74, 6) is 0. The molecule has 0 saturated carbocycles. The Labute approximate surface area is 88.0 Å². The van der Waals surface area contributed by atoms with Crippen molar-refractivity contribution in [1.29, 1.82) is 0 Å². The Morgan fingerprint density at radius 1 is 1.14 bits per heavy atom. The third kappa shape index (κ3) is 2.16. The van der Waals surface area contributed by atoms with E-state index >= 15 is 0 Å². The van der Waals surface area contributed by atoms with Crippen LogP contribution in [0, 0.1) is 0 Å². The third-order valence-electron chi connectivity index (χ3n) is 3.17. The number of benzene rings is 1. The summed E-state index contributed by atoms with van der Waals surface area (Å²) in [6.45, 7) is 8.05. The van der Waals surface area contributed by atoms with Crippen LogP contribution in [-0.2, 0) is 0 Å². The monoisotopic (exact) mass is 192 g/mol. The largest absolute Gasteiger partial charge is 0.292 e. The molecule has 0 aliphatic heterocycles. The second-order valence-electron chi connectivity index (χ2n) is 4.42. The lowest BCUT2D eigenvalue weighted by Crippen LogP contribution is -2.51. The van der Waals surface area contributed by atoms with Crippen LogP contribution in [-0.4, -0.2) is 19.6 Å². The van der Waals surface area contributed by atoms with Gasteiger partial charge in [-0.2, -0.15) is 0 Å². The first-order valence-corrected chi connectivity index (χ1v) is 5.52. The van der Waals surface area contributed by atoms with Crippen molar-refractivity contribution < 1.29 is 0 Å². The Hall–Kier alpha value is -0.820. The molecule has 1 atom stereocenters. The Kier molecular flexibility index (Phi) is 3.70. The minimum atomic E-state index is 0.636. The van der Waals surface area contributed by atoms with Gasteiger partial charge in [0.25, 0.3) is 0 Å². The molecular formula is C13H22N+. The van der Waals surface area contributed by atoms with Crippen molar-refractivity contribution in [2.24, 2.45) is 0 Å². The van der Waals surface area contributed by atoms with Crippen molar-refractivity contribution in [2.45, 2.75) is 33.2 Å². The van der Waals surface area contributed by atoms with Crippen LogP contribution in [0.1, 0.15) is 27.2 Å². The van der Waals surface area contributed by atoms with Gasteiger partial charge in [-0.15, -0.1) is 0 Å². The van der Waals surface area contributed by atoms with Crippen LogP contribution in [0.2, 0.25) is 0 Å². The molecule has 0 amide bonds. The van der Waals surface area contributed by atoms with Crippen LogP contribution in [0.25, 0.3) is 0 Å². The molecule has 0 bridgehead atoms. The van der Waals surface area contributed by atoms with Crippen LogP contribution in [0.3, 0.4) is 0 Å². The van der Waals surface area contributed by atoms with E-state index in [1.54, 1.807) is 0 Å². The number of hydrogen-bond acceptors (Lipinski definition) is 0. The zero-order valence-corrected chi connectivity index (χ0v) is 9.83. The Bertz CT molecular complexity index is 266. The van der Waals surface area contributed by atoms with E-state index in [1.165, 1.54) is 18.7 Å². The summed E-state index contributed by atoms with van der Waals surface area (Å²) in [4.78, 5) is 0. The first kappa shape index (κ1) is 11.3. The fraction of sp³-hybridized carbons (Fsp3) is 0.538. The molecule has 0 unspecified atom stereocenters. The van der Waals surface area contributed by atoms with E-state index in [9.17, 15) is 0 Å². The van der Waals surface area contributed by atoms with Crippen LogP contribution in [0.5, 0.6) is 0 Å². The topological polar surface area (TPSA) is 0 Å². The molecule has 0 aliphatic rings. The first-order valence-electron chi connectivity index (χ1n) is 5.52. The zero-order chi connectivity index (χ0) is 10.6. The SMILES string of the molecule is CCC[N@@+](C)(c1ccccc1)C(C)C. The number of rotatable bonds is 4. The maximum absolute atomic E-state index is 2.32. The van der Waals surface area contributed by atoms with Gasteiger partial charge in [0.1, 0.15) is 5.69 Å². The van der Waals surface area contributed by atoms with Crippen LogP contribution >= 0.6 is 0 Å². The summed E-state index contributed by atoms with van der Waals surface area (Å²) in [6.07, 6.45) is 1.23. The van der Waals surface area contributed by atoms with Gasteiger partial charge in [0, 0.05) is 0 Å². The van der Waals surface area contributed by atoms with E-state index in [0.29, 0.717) is 6.04 Å². The van der Waals surface area contributed by atoms with Crippen LogP contribution < -0.4 is 4.48 Å². The van der Waals surface area contributed by atoms with Crippen molar-refractivity contribution in [3.63, 3.8) is 0 Å². The van der Waals surface area contributed by atoms with E-state index in [4.69, 9.17) is 0 Å². The molecule has 0 spiro atoms. The van der Waals surface area contributed by atoms with Crippen LogP contribution in [0.15, 0.2) is 30.3 Å². The normalized spacial score (nSPS) is 15.5. The molecule has 0 fully saturated rings. The van der Waals surface area contributed by atoms with E-state index in [-0.39, 0.29) is 0 Å². The summed E-state index contributed by atoms with van der Waals surface area (Å²) >= 11 is 0. The second-order valence-corrected chi connectivity index (χ2v) is 4.42. The standard InChI is InChI=1S/C13H22N/c1-5-11-14(4,12(2)3)13-9-7-6-8-10-13/h6-10,12H,5,11H2,1-4H3/q+1/t14-/m1/s1. The highest BCUT2D eigenvalue weighted by Gasteiger charge is 2.27. The van der Waals surface area contributed by atoms with Gasteiger partial charge >= 0.3 is 0 Å². The molecule has 0 aliphatic carbocycles. The lowest BCUT2D eigenvalue weighted by molar-refractivity contribution is 0.272. The lowest BCUT2D eigenvalue weighted by atomic mass is 10.1. The van der Waals surface area contributed by atoms with Gasteiger partial charge in [0.15, 0.2) is 0 Å². The van der Waals surface area contributed by atoms with Crippen molar-refractivity contribution in [3.8, 4) is 0 Å². The summed E-state index contributed by atoms with van der Waals surface area (Å²) < 4.78 is 1.04. The average Bonchev–Trinajstić information content (AvgIpc) is 2.19. The van der Waals surface area contributed by atoms with Gasteiger partial charge in [-0.3, -0.25) is 4.48 Å². The maximum atomic E-state index is 2.32. The van der Waals surface area contributed by atoms with Gasteiger partial charge in [-0.1, -0.05) is 25.1 Å². The fourth-order valence-corrected chi connectivity index (χ4v) is 1.92. The third-order valence-corrected chi connectivity index (χ3v) is 3.17. The van der Waals surface area contributed by atoms with E-state index in [1.807, 2.05) is 0 Å². The maximum Gasteiger partial charge on any atom is 0.132 e. The molecule has 0 saturated heterocycles.